The molecule has 1 aromatic rings. The summed E-state index contributed by atoms with van der Waals surface area (Å²) in [5.74, 6) is -1.06. The van der Waals surface area contributed by atoms with Gasteiger partial charge in [-0.1, -0.05) is 12.1 Å². The molecule has 0 radical (unpaired) electrons. The SMILES string of the molecule is CN(C)C(=O)COc1ccccc1C(=O)N1CCCC(C)(C(=O)O)C1. The summed E-state index contributed by atoms with van der Waals surface area (Å²) in [4.78, 5) is 39.0. The van der Waals surface area contributed by atoms with Crippen molar-refractivity contribution in [2.24, 2.45) is 5.41 Å². The number of para-hydroxylation sites is 1. The molecule has 136 valence electrons. The molecule has 1 saturated heterocycles. The molecule has 1 heterocycles. The highest BCUT2D eigenvalue weighted by molar-refractivity contribution is 5.97. The van der Waals surface area contributed by atoms with Gasteiger partial charge in [-0.15, -0.1) is 0 Å². The van der Waals surface area contributed by atoms with E-state index in [0.717, 1.165) is 0 Å². The zero-order chi connectivity index (χ0) is 18.6. The summed E-state index contributed by atoms with van der Waals surface area (Å²) in [6, 6.07) is 6.71. The van der Waals surface area contributed by atoms with Gasteiger partial charge in [0.25, 0.3) is 11.8 Å². The second-order valence-electron chi connectivity index (χ2n) is 6.77. The van der Waals surface area contributed by atoms with Gasteiger partial charge in [-0.25, -0.2) is 0 Å². The van der Waals surface area contributed by atoms with Crippen LogP contribution in [0.25, 0.3) is 0 Å². The number of benzene rings is 1. The average molecular weight is 348 g/mol. The zero-order valence-electron chi connectivity index (χ0n) is 14.8. The third kappa shape index (κ3) is 4.29. The normalized spacial score (nSPS) is 20.0. The zero-order valence-corrected chi connectivity index (χ0v) is 14.8. The molecule has 1 aliphatic rings. The first kappa shape index (κ1) is 18.8. The monoisotopic (exact) mass is 348 g/mol. The Morgan fingerprint density at radius 3 is 2.60 bits per heavy atom. The smallest absolute Gasteiger partial charge is 0.311 e. The first-order chi connectivity index (χ1) is 11.7. The number of ether oxygens (including phenoxy) is 1. The van der Waals surface area contributed by atoms with E-state index in [0.29, 0.717) is 30.7 Å². The number of carbonyl (C=O) groups is 3. The largest absolute Gasteiger partial charge is 0.483 e. The highest BCUT2D eigenvalue weighted by Gasteiger charge is 2.39. The molecule has 7 heteroatoms. The number of hydrogen-bond donors (Lipinski definition) is 1. The Bertz CT molecular complexity index is 673. The third-order valence-corrected chi connectivity index (χ3v) is 4.47. The summed E-state index contributed by atoms with van der Waals surface area (Å²) in [6.07, 6.45) is 1.18. The second kappa shape index (κ2) is 7.55. The lowest BCUT2D eigenvalue weighted by atomic mass is 9.82. The summed E-state index contributed by atoms with van der Waals surface area (Å²) in [5, 5.41) is 9.41. The number of likely N-dealkylation sites (N-methyl/N-ethyl adjacent to an activating group) is 1. The van der Waals surface area contributed by atoms with E-state index in [-0.39, 0.29) is 25.0 Å². The number of piperidine rings is 1. The van der Waals surface area contributed by atoms with Crippen LogP contribution >= 0.6 is 0 Å². The lowest BCUT2D eigenvalue weighted by molar-refractivity contribution is -0.150. The number of carbonyl (C=O) groups excluding carboxylic acids is 2. The van der Waals surface area contributed by atoms with Gasteiger partial charge in [0.2, 0.25) is 0 Å². The molecule has 7 nitrogen and oxygen atoms in total. The standard InChI is InChI=1S/C18H24N2O5/c1-18(17(23)24)9-6-10-20(12-18)16(22)13-7-4-5-8-14(13)25-11-15(21)19(2)3/h4-5,7-8H,6,9-12H2,1-3H3,(H,23,24). The van der Waals surface area contributed by atoms with E-state index >= 15 is 0 Å². The third-order valence-electron chi connectivity index (χ3n) is 4.47. The maximum absolute atomic E-state index is 12.9. The fraction of sp³-hybridized carbons (Fsp3) is 0.500. The number of rotatable bonds is 5. The van der Waals surface area contributed by atoms with Gasteiger partial charge in [-0.2, -0.15) is 0 Å². The van der Waals surface area contributed by atoms with Crippen LogP contribution in [0.3, 0.4) is 0 Å². The van der Waals surface area contributed by atoms with Gasteiger partial charge in [0, 0.05) is 27.2 Å². The number of aliphatic carboxylic acids is 1. The molecule has 25 heavy (non-hydrogen) atoms. The van der Waals surface area contributed by atoms with Crippen LogP contribution in [0.4, 0.5) is 0 Å². The van der Waals surface area contributed by atoms with Gasteiger partial charge in [-0.05, 0) is 31.9 Å². The number of amides is 2. The summed E-state index contributed by atoms with van der Waals surface area (Å²) < 4.78 is 5.52. The van der Waals surface area contributed by atoms with Gasteiger partial charge in [-0.3, -0.25) is 14.4 Å². The van der Waals surface area contributed by atoms with Crippen LogP contribution in [0, 0.1) is 5.41 Å². The van der Waals surface area contributed by atoms with Crippen LogP contribution < -0.4 is 4.74 Å². The number of carboxylic acids is 1. The molecule has 2 amide bonds. The molecule has 2 rings (SSSR count). The van der Waals surface area contributed by atoms with Gasteiger partial charge >= 0.3 is 5.97 Å². The van der Waals surface area contributed by atoms with Gasteiger partial charge in [0.1, 0.15) is 5.75 Å². The number of hydrogen-bond acceptors (Lipinski definition) is 4. The van der Waals surface area contributed by atoms with Crippen LogP contribution in [-0.4, -0.2) is 66.5 Å². The Balaban J connectivity index is 2.16. The predicted octanol–water partition coefficient (Wildman–Crippen LogP) is 1.48. The van der Waals surface area contributed by atoms with Crippen LogP contribution in [0.2, 0.25) is 0 Å². The van der Waals surface area contributed by atoms with Crippen molar-refractivity contribution in [3.05, 3.63) is 29.8 Å². The van der Waals surface area contributed by atoms with Gasteiger partial charge in [0.15, 0.2) is 6.61 Å². The fourth-order valence-corrected chi connectivity index (χ4v) is 2.80. The summed E-state index contributed by atoms with van der Waals surface area (Å²) >= 11 is 0. The molecule has 1 N–H and O–H groups in total. The highest BCUT2D eigenvalue weighted by atomic mass is 16.5. The number of carboxylic acid groups (broad SMARTS) is 1. The van der Waals surface area contributed by atoms with Crippen LogP contribution in [0.15, 0.2) is 24.3 Å². The molecule has 1 aromatic carbocycles. The first-order valence-corrected chi connectivity index (χ1v) is 8.19. The minimum absolute atomic E-state index is 0.159. The molecular formula is C18H24N2O5. The van der Waals surface area contributed by atoms with E-state index in [9.17, 15) is 19.5 Å². The molecule has 1 aliphatic heterocycles. The van der Waals surface area contributed by atoms with E-state index in [1.54, 1.807) is 50.2 Å². The molecule has 0 saturated carbocycles. The lowest BCUT2D eigenvalue weighted by Gasteiger charge is -2.37. The number of likely N-dealkylation sites (tertiary alicyclic amines) is 1. The molecule has 1 fully saturated rings. The minimum Gasteiger partial charge on any atom is -0.483 e. The quantitative estimate of drug-likeness (QED) is 0.871. The van der Waals surface area contributed by atoms with E-state index < -0.39 is 11.4 Å². The van der Waals surface area contributed by atoms with Gasteiger partial charge < -0.3 is 19.6 Å². The van der Waals surface area contributed by atoms with Crippen LogP contribution in [0.1, 0.15) is 30.1 Å². The van der Waals surface area contributed by atoms with E-state index in [4.69, 9.17) is 4.74 Å². The van der Waals surface area contributed by atoms with E-state index in [1.165, 1.54) is 4.90 Å². The van der Waals surface area contributed by atoms with Crippen molar-refractivity contribution < 1.29 is 24.2 Å². The topological polar surface area (TPSA) is 87.2 Å². The molecule has 0 aliphatic carbocycles. The van der Waals surface area contributed by atoms with Crippen molar-refractivity contribution in [2.75, 3.05) is 33.8 Å². The average Bonchev–Trinajstić information content (AvgIpc) is 2.59. The summed E-state index contributed by atoms with van der Waals surface area (Å²) in [6.45, 7) is 2.16. The Hall–Kier alpha value is -2.57. The Labute approximate surface area is 147 Å². The van der Waals surface area contributed by atoms with Gasteiger partial charge in [0.05, 0.1) is 11.0 Å². The Morgan fingerprint density at radius 1 is 1.28 bits per heavy atom. The van der Waals surface area contributed by atoms with Crippen LogP contribution in [-0.2, 0) is 9.59 Å². The maximum atomic E-state index is 12.9. The second-order valence-corrected chi connectivity index (χ2v) is 6.77. The Morgan fingerprint density at radius 2 is 1.96 bits per heavy atom. The van der Waals surface area contributed by atoms with Crippen molar-refractivity contribution in [3.8, 4) is 5.75 Å². The van der Waals surface area contributed by atoms with Crippen molar-refractivity contribution >= 4 is 17.8 Å². The molecule has 1 atom stereocenters. The lowest BCUT2D eigenvalue weighted by Crippen LogP contribution is -2.48. The van der Waals surface area contributed by atoms with Crippen molar-refractivity contribution in [1.82, 2.24) is 9.80 Å². The van der Waals surface area contributed by atoms with Crippen molar-refractivity contribution in [2.45, 2.75) is 19.8 Å². The highest BCUT2D eigenvalue weighted by Crippen LogP contribution is 2.31. The van der Waals surface area contributed by atoms with Crippen molar-refractivity contribution in [1.29, 1.82) is 0 Å². The van der Waals surface area contributed by atoms with E-state index in [1.807, 2.05) is 0 Å². The number of nitrogens with zero attached hydrogens (tertiary/aromatic N) is 2. The summed E-state index contributed by atoms with van der Waals surface area (Å²) in [7, 11) is 3.26. The summed E-state index contributed by atoms with van der Waals surface area (Å²) in [5.41, 5.74) is -0.603. The molecule has 1 unspecified atom stereocenters. The minimum atomic E-state index is -0.940. The van der Waals surface area contributed by atoms with Crippen LogP contribution in [0.5, 0.6) is 5.75 Å². The predicted molar refractivity (Wildman–Crippen MR) is 91.5 cm³/mol. The Kier molecular flexibility index (Phi) is 5.66. The van der Waals surface area contributed by atoms with E-state index in [2.05, 4.69) is 0 Å². The molecule has 0 aromatic heterocycles. The first-order valence-electron chi connectivity index (χ1n) is 8.19. The molecule has 0 bridgehead atoms. The molecular weight excluding hydrogens is 324 g/mol. The van der Waals surface area contributed by atoms with Crippen molar-refractivity contribution in [3.63, 3.8) is 0 Å². The molecule has 0 spiro atoms. The maximum Gasteiger partial charge on any atom is 0.311 e. The fourth-order valence-electron chi connectivity index (χ4n) is 2.80.